The molecule has 4 heterocycles. The van der Waals surface area contributed by atoms with E-state index in [0.29, 0.717) is 34.5 Å². The van der Waals surface area contributed by atoms with Crippen molar-refractivity contribution in [1.29, 1.82) is 0 Å². The van der Waals surface area contributed by atoms with Crippen molar-refractivity contribution in [3.05, 3.63) is 54.5 Å². The molecular formula is C20H21N9O2. The van der Waals surface area contributed by atoms with Crippen molar-refractivity contribution in [1.82, 2.24) is 39.8 Å². The molecule has 0 fully saturated rings. The van der Waals surface area contributed by atoms with Gasteiger partial charge in [0.25, 0.3) is 5.89 Å². The van der Waals surface area contributed by atoms with Crippen LogP contribution in [-0.2, 0) is 11.3 Å². The van der Waals surface area contributed by atoms with E-state index in [0.717, 1.165) is 5.56 Å². The zero-order valence-electron chi connectivity index (χ0n) is 17.3. The van der Waals surface area contributed by atoms with Crippen LogP contribution in [0.15, 0.2) is 47.6 Å². The van der Waals surface area contributed by atoms with Crippen LogP contribution in [0.3, 0.4) is 0 Å². The van der Waals surface area contributed by atoms with Crippen LogP contribution in [0.2, 0.25) is 0 Å². The predicted octanol–water partition coefficient (Wildman–Crippen LogP) is 1.61. The van der Waals surface area contributed by atoms with Crippen LogP contribution in [0.25, 0.3) is 22.8 Å². The quantitative estimate of drug-likeness (QED) is 0.493. The molecule has 1 atom stereocenters. The monoisotopic (exact) mass is 419 g/mol. The maximum atomic E-state index is 11.8. The van der Waals surface area contributed by atoms with E-state index < -0.39 is 0 Å². The lowest BCUT2D eigenvalue weighted by Crippen LogP contribution is -2.26. The number of carbonyl (C=O) groups excluding carboxylic acids is 1. The van der Waals surface area contributed by atoms with E-state index >= 15 is 0 Å². The van der Waals surface area contributed by atoms with Gasteiger partial charge in [0, 0.05) is 32.4 Å². The van der Waals surface area contributed by atoms with Crippen LogP contribution in [0.4, 0.5) is 5.82 Å². The molecular weight excluding hydrogens is 398 g/mol. The van der Waals surface area contributed by atoms with Gasteiger partial charge < -0.3 is 15.2 Å². The van der Waals surface area contributed by atoms with Gasteiger partial charge in [0.05, 0.1) is 29.8 Å². The summed E-state index contributed by atoms with van der Waals surface area (Å²) in [7, 11) is 3.39. The number of nitrogens with zero attached hydrogens (tertiary/aromatic N) is 8. The Morgan fingerprint density at radius 3 is 2.61 bits per heavy atom. The average Bonchev–Trinajstić information content (AvgIpc) is 3.43. The van der Waals surface area contributed by atoms with Crippen molar-refractivity contribution in [2.75, 3.05) is 19.8 Å². The molecule has 1 amide bonds. The minimum atomic E-state index is -0.137. The van der Waals surface area contributed by atoms with Gasteiger partial charge >= 0.3 is 0 Å². The zero-order chi connectivity index (χ0) is 22.0. The lowest BCUT2D eigenvalue weighted by atomic mass is 10.0. The minimum absolute atomic E-state index is 0.0598. The Morgan fingerprint density at radius 2 is 1.94 bits per heavy atom. The van der Waals surface area contributed by atoms with Crippen molar-refractivity contribution in [2.45, 2.75) is 19.4 Å². The van der Waals surface area contributed by atoms with Crippen molar-refractivity contribution >= 4 is 11.7 Å². The molecule has 11 heteroatoms. The van der Waals surface area contributed by atoms with Gasteiger partial charge in [-0.1, -0.05) is 18.1 Å². The summed E-state index contributed by atoms with van der Waals surface area (Å²) in [6, 6.07) is 3.80. The molecule has 4 aromatic rings. The van der Waals surface area contributed by atoms with E-state index in [1.165, 1.54) is 15.8 Å². The van der Waals surface area contributed by atoms with Gasteiger partial charge in [-0.2, -0.15) is 10.1 Å². The van der Waals surface area contributed by atoms with Crippen molar-refractivity contribution in [3.8, 4) is 22.8 Å². The highest BCUT2D eigenvalue weighted by Gasteiger charge is 2.19. The first-order valence-electron chi connectivity index (χ1n) is 9.51. The van der Waals surface area contributed by atoms with Crippen LogP contribution in [-0.4, -0.2) is 59.8 Å². The summed E-state index contributed by atoms with van der Waals surface area (Å²) >= 11 is 0. The van der Waals surface area contributed by atoms with Crippen molar-refractivity contribution in [3.63, 3.8) is 0 Å². The Hall–Kier alpha value is -4.15. The summed E-state index contributed by atoms with van der Waals surface area (Å²) in [6.07, 6.45) is 8.12. The van der Waals surface area contributed by atoms with Crippen LogP contribution in [0.5, 0.6) is 0 Å². The van der Waals surface area contributed by atoms with Gasteiger partial charge in [-0.05, 0) is 11.6 Å². The van der Waals surface area contributed by atoms with Gasteiger partial charge in [-0.15, -0.1) is 0 Å². The number of aromatic nitrogens is 7. The molecule has 31 heavy (non-hydrogen) atoms. The topological polar surface area (TPSA) is 142 Å². The van der Waals surface area contributed by atoms with Gasteiger partial charge in [-0.3, -0.25) is 14.5 Å². The summed E-state index contributed by atoms with van der Waals surface area (Å²) in [5.41, 5.74) is 8.47. The summed E-state index contributed by atoms with van der Waals surface area (Å²) in [5.74, 6) is 1.02. The second kappa shape index (κ2) is 8.30. The number of anilines is 1. The first-order valence-corrected chi connectivity index (χ1v) is 9.51. The molecule has 0 saturated carbocycles. The molecule has 0 bridgehead atoms. The normalized spacial score (nSPS) is 12.0. The smallest absolute Gasteiger partial charge is 0.261 e. The highest BCUT2D eigenvalue weighted by atomic mass is 16.5. The molecule has 2 N–H and O–H groups in total. The van der Waals surface area contributed by atoms with Crippen LogP contribution < -0.4 is 5.73 Å². The second-order valence-electron chi connectivity index (χ2n) is 7.20. The number of carbonyl (C=O) groups is 1. The van der Waals surface area contributed by atoms with Gasteiger partial charge in [0.2, 0.25) is 5.91 Å². The number of hydrogen-bond donors (Lipinski definition) is 1. The Kier molecular flexibility index (Phi) is 5.39. The molecule has 11 nitrogen and oxygen atoms in total. The van der Waals surface area contributed by atoms with Crippen LogP contribution in [0.1, 0.15) is 24.2 Å². The van der Waals surface area contributed by atoms with Crippen LogP contribution >= 0.6 is 0 Å². The molecule has 0 aliphatic rings. The predicted molar refractivity (Wildman–Crippen MR) is 111 cm³/mol. The number of pyridine rings is 1. The Morgan fingerprint density at radius 1 is 1.13 bits per heavy atom. The number of nitrogen functional groups attached to an aromatic ring is 1. The summed E-state index contributed by atoms with van der Waals surface area (Å²) in [5, 5.41) is 8.28. The fourth-order valence-electron chi connectivity index (χ4n) is 2.80. The minimum Gasteiger partial charge on any atom is -0.382 e. The number of nitrogens with two attached hydrogens (primary N) is 1. The first-order chi connectivity index (χ1) is 14.9. The largest absolute Gasteiger partial charge is 0.382 e. The summed E-state index contributed by atoms with van der Waals surface area (Å²) < 4.78 is 6.94. The molecule has 4 rings (SSSR count). The Labute approximate surface area is 178 Å². The van der Waals surface area contributed by atoms with E-state index in [9.17, 15) is 4.79 Å². The second-order valence-corrected chi connectivity index (χ2v) is 7.20. The van der Waals surface area contributed by atoms with E-state index in [2.05, 4.69) is 30.2 Å². The average molecular weight is 419 g/mol. The summed E-state index contributed by atoms with van der Waals surface area (Å²) in [4.78, 5) is 30.5. The highest BCUT2D eigenvalue weighted by Crippen LogP contribution is 2.25. The fraction of sp³-hybridized carbons (Fsp3) is 0.250. The van der Waals surface area contributed by atoms with Gasteiger partial charge in [0.15, 0.2) is 5.82 Å². The number of likely N-dealkylation sites (N-methyl/N-ethyl adjacent to an activating group) is 1. The Balaban J connectivity index is 1.48. The van der Waals surface area contributed by atoms with Gasteiger partial charge in [-0.25, -0.2) is 9.97 Å². The van der Waals surface area contributed by atoms with Gasteiger partial charge in [0.1, 0.15) is 18.1 Å². The van der Waals surface area contributed by atoms with E-state index in [1.54, 1.807) is 38.9 Å². The standard InChI is InChI=1S/C20H21N9O2/c1-12(13-4-5-15(22-6-13)16-8-24-17(21)9-23-16)19-26-20(31-27-19)14-7-25-29(10-14)11-18(30)28(2)3/h4-10,12H,11H2,1-3H3,(H2,21,24). The van der Waals surface area contributed by atoms with Crippen molar-refractivity contribution < 1.29 is 9.32 Å². The molecule has 0 aliphatic carbocycles. The SMILES string of the molecule is CC(c1ccc(-c2cnc(N)cn2)nc1)c1noc(-c2cnn(CC(=O)N(C)C)c2)n1. The number of amides is 1. The molecule has 0 spiro atoms. The maximum absolute atomic E-state index is 11.8. The van der Waals surface area contributed by atoms with E-state index in [-0.39, 0.29) is 18.4 Å². The molecule has 0 aliphatic heterocycles. The lowest BCUT2D eigenvalue weighted by molar-refractivity contribution is -0.129. The molecule has 1 unspecified atom stereocenters. The van der Waals surface area contributed by atoms with Crippen LogP contribution in [0, 0.1) is 0 Å². The third kappa shape index (κ3) is 4.39. The third-order valence-corrected chi connectivity index (χ3v) is 4.73. The number of hydrogen-bond acceptors (Lipinski definition) is 9. The third-order valence-electron chi connectivity index (χ3n) is 4.73. The molecule has 0 saturated heterocycles. The fourth-order valence-corrected chi connectivity index (χ4v) is 2.80. The van der Waals surface area contributed by atoms with E-state index in [1.807, 2.05) is 19.1 Å². The van der Waals surface area contributed by atoms with E-state index in [4.69, 9.17) is 10.3 Å². The lowest BCUT2D eigenvalue weighted by Gasteiger charge is -2.09. The number of rotatable bonds is 6. The maximum Gasteiger partial charge on any atom is 0.261 e. The summed E-state index contributed by atoms with van der Waals surface area (Å²) in [6.45, 7) is 2.11. The highest BCUT2D eigenvalue weighted by molar-refractivity contribution is 5.75. The van der Waals surface area contributed by atoms with Crippen molar-refractivity contribution in [2.24, 2.45) is 0 Å². The molecule has 0 aromatic carbocycles. The molecule has 0 radical (unpaired) electrons. The molecule has 158 valence electrons. The zero-order valence-corrected chi connectivity index (χ0v) is 17.3. The first kappa shape index (κ1) is 20.1. The Bertz CT molecular complexity index is 1180. The molecule has 4 aromatic heterocycles.